The molecule has 0 spiro atoms. The summed E-state index contributed by atoms with van der Waals surface area (Å²) in [6.45, 7) is 1.99. The summed E-state index contributed by atoms with van der Waals surface area (Å²) in [6.07, 6.45) is 5.46. The Hall–Kier alpha value is -2.11. The molecule has 0 saturated heterocycles. The fourth-order valence-electron chi connectivity index (χ4n) is 3.33. The number of hydrogen-bond acceptors (Lipinski definition) is 3. The third-order valence-electron chi connectivity index (χ3n) is 4.31. The van der Waals surface area contributed by atoms with Gasteiger partial charge in [-0.3, -0.25) is 14.7 Å². The maximum absolute atomic E-state index is 12.4. The van der Waals surface area contributed by atoms with Crippen molar-refractivity contribution < 1.29 is 14.7 Å². The van der Waals surface area contributed by atoms with E-state index in [2.05, 4.69) is 15.5 Å². The van der Waals surface area contributed by atoms with Crippen molar-refractivity contribution in [3.8, 4) is 0 Å². The minimum absolute atomic E-state index is 0.0152. The highest BCUT2D eigenvalue weighted by Gasteiger charge is 2.51. The van der Waals surface area contributed by atoms with E-state index in [1.165, 1.54) is 0 Å². The van der Waals surface area contributed by atoms with Crippen LogP contribution in [-0.2, 0) is 16.0 Å². The van der Waals surface area contributed by atoms with E-state index < -0.39 is 17.8 Å². The Morgan fingerprint density at radius 3 is 2.70 bits per heavy atom. The number of aryl methyl sites for hydroxylation is 1. The van der Waals surface area contributed by atoms with Gasteiger partial charge in [0.1, 0.15) is 0 Å². The summed E-state index contributed by atoms with van der Waals surface area (Å²) >= 11 is 0. The lowest BCUT2D eigenvalue weighted by Crippen LogP contribution is -2.36. The predicted octanol–water partition coefficient (Wildman–Crippen LogP) is 1.43. The third-order valence-corrected chi connectivity index (χ3v) is 4.31. The van der Waals surface area contributed by atoms with E-state index in [0.717, 1.165) is 18.5 Å². The van der Waals surface area contributed by atoms with Gasteiger partial charge in [-0.15, -0.1) is 0 Å². The van der Waals surface area contributed by atoms with Crippen LogP contribution in [-0.4, -0.2) is 27.2 Å². The molecule has 6 heteroatoms. The lowest BCUT2D eigenvalue weighted by molar-refractivity contribution is -0.146. The molecule has 2 bridgehead atoms. The number of aromatic amines is 1. The van der Waals surface area contributed by atoms with Crippen LogP contribution in [0.3, 0.4) is 0 Å². The predicted molar refractivity (Wildman–Crippen MR) is 71.9 cm³/mol. The molecule has 0 aromatic carbocycles. The van der Waals surface area contributed by atoms with E-state index in [9.17, 15) is 14.7 Å². The normalized spacial score (nSPS) is 30.6. The smallest absolute Gasteiger partial charge is 0.307 e. The minimum Gasteiger partial charge on any atom is -0.481 e. The molecule has 106 valence electrons. The van der Waals surface area contributed by atoms with Crippen molar-refractivity contribution in [1.82, 2.24) is 10.2 Å². The van der Waals surface area contributed by atoms with Crippen LogP contribution in [0.5, 0.6) is 0 Å². The molecule has 1 fully saturated rings. The van der Waals surface area contributed by atoms with Gasteiger partial charge in [0.05, 0.1) is 11.8 Å². The Kier molecular flexibility index (Phi) is 3.08. The number of carboxylic acids is 1. The lowest BCUT2D eigenvalue weighted by Gasteiger charge is -2.23. The van der Waals surface area contributed by atoms with E-state index in [4.69, 9.17) is 0 Å². The number of nitrogens with zero attached hydrogens (tertiary/aromatic N) is 1. The van der Waals surface area contributed by atoms with Crippen LogP contribution in [0, 0.1) is 23.7 Å². The number of carbonyl (C=O) groups is 2. The average molecular weight is 275 g/mol. The number of hydrogen-bond donors (Lipinski definition) is 3. The fraction of sp³-hybridized carbons (Fsp3) is 0.500. The highest BCUT2D eigenvalue weighted by molar-refractivity contribution is 5.95. The van der Waals surface area contributed by atoms with Crippen molar-refractivity contribution in [1.29, 1.82) is 0 Å². The van der Waals surface area contributed by atoms with E-state index in [1.54, 1.807) is 6.07 Å². The quantitative estimate of drug-likeness (QED) is 0.724. The summed E-state index contributed by atoms with van der Waals surface area (Å²) in [6, 6.07) is 1.77. The van der Waals surface area contributed by atoms with E-state index in [1.807, 2.05) is 19.1 Å². The second kappa shape index (κ2) is 4.77. The van der Waals surface area contributed by atoms with Gasteiger partial charge in [0, 0.05) is 11.8 Å². The van der Waals surface area contributed by atoms with Gasteiger partial charge in [-0.2, -0.15) is 5.10 Å². The summed E-state index contributed by atoms with van der Waals surface area (Å²) in [5.41, 5.74) is 0.933. The molecule has 6 nitrogen and oxygen atoms in total. The monoisotopic (exact) mass is 275 g/mol. The van der Waals surface area contributed by atoms with Crippen molar-refractivity contribution in [3.05, 3.63) is 23.9 Å². The Morgan fingerprint density at radius 2 is 2.10 bits per heavy atom. The molecule has 20 heavy (non-hydrogen) atoms. The molecule has 0 radical (unpaired) electrons. The topological polar surface area (TPSA) is 95.1 Å². The number of aliphatic carboxylic acids is 1. The molecule has 1 heterocycles. The Balaban J connectivity index is 1.76. The van der Waals surface area contributed by atoms with E-state index in [0.29, 0.717) is 5.82 Å². The minimum atomic E-state index is -0.890. The molecular weight excluding hydrogens is 258 g/mol. The molecular formula is C14H17N3O3. The van der Waals surface area contributed by atoms with Gasteiger partial charge >= 0.3 is 5.97 Å². The Morgan fingerprint density at radius 1 is 1.40 bits per heavy atom. The number of carboxylic acid groups (broad SMARTS) is 1. The average Bonchev–Trinajstić information content (AvgIpc) is 3.12. The van der Waals surface area contributed by atoms with Crippen molar-refractivity contribution >= 4 is 17.7 Å². The summed E-state index contributed by atoms with van der Waals surface area (Å²) in [5.74, 6) is -1.77. The number of H-pyrrole nitrogens is 1. The SMILES string of the molecule is CCc1cc(NC(=O)[C@H]2C3C=CC(C3)[C@H]2C(=O)O)n[nH]1. The van der Waals surface area contributed by atoms with Crippen LogP contribution in [0.15, 0.2) is 18.2 Å². The van der Waals surface area contributed by atoms with Crippen LogP contribution < -0.4 is 5.32 Å². The number of carbonyl (C=O) groups excluding carboxylic acids is 1. The van der Waals surface area contributed by atoms with Crippen molar-refractivity contribution in [2.24, 2.45) is 23.7 Å². The number of anilines is 1. The second-order valence-electron chi connectivity index (χ2n) is 5.46. The van der Waals surface area contributed by atoms with Crippen LogP contribution >= 0.6 is 0 Å². The molecule has 3 N–H and O–H groups in total. The molecule has 3 rings (SSSR count). The van der Waals surface area contributed by atoms with Crippen LogP contribution in [0.4, 0.5) is 5.82 Å². The van der Waals surface area contributed by atoms with Crippen LogP contribution in [0.1, 0.15) is 19.0 Å². The maximum atomic E-state index is 12.4. The van der Waals surface area contributed by atoms with E-state index >= 15 is 0 Å². The standard InChI is InChI=1S/C14H17N3O3/c1-2-9-6-10(17-16-9)15-13(18)11-7-3-4-8(5-7)12(11)14(19)20/h3-4,6-8,11-12H,2,5H2,1H3,(H,19,20)(H2,15,16,17,18)/t7?,8?,11-,12+/m0/s1. The lowest BCUT2D eigenvalue weighted by atomic mass is 9.82. The molecule has 2 aliphatic rings. The molecule has 1 aromatic heterocycles. The zero-order valence-corrected chi connectivity index (χ0v) is 11.2. The van der Waals surface area contributed by atoms with Gasteiger partial charge in [-0.25, -0.2) is 0 Å². The van der Waals surface area contributed by atoms with Crippen molar-refractivity contribution in [3.63, 3.8) is 0 Å². The van der Waals surface area contributed by atoms with Gasteiger partial charge < -0.3 is 10.4 Å². The Bertz CT molecular complexity index is 578. The summed E-state index contributed by atoms with van der Waals surface area (Å²) in [4.78, 5) is 23.7. The first-order valence-electron chi connectivity index (χ1n) is 6.86. The molecule has 2 aliphatic carbocycles. The number of allylic oxidation sites excluding steroid dienone is 2. The highest BCUT2D eigenvalue weighted by Crippen LogP contribution is 2.48. The number of nitrogens with one attached hydrogen (secondary N) is 2. The first kappa shape index (κ1) is 12.9. The van der Waals surface area contributed by atoms with Crippen molar-refractivity contribution in [2.45, 2.75) is 19.8 Å². The molecule has 0 aliphatic heterocycles. The van der Waals surface area contributed by atoms with Gasteiger partial charge in [-0.1, -0.05) is 19.1 Å². The zero-order chi connectivity index (χ0) is 14.3. The maximum Gasteiger partial charge on any atom is 0.307 e. The second-order valence-corrected chi connectivity index (χ2v) is 5.46. The first-order chi connectivity index (χ1) is 9.60. The van der Waals surface area contributed by atoms with Gasteiger partial charge in [-0.05, 0) is 24.7 Å². The molecule has 1 amide bonds. The van der Waals surface area contributed by atoms with Gasteiger partial charge in [0.2, 0.25) is 5.91 Å². The van der Waals surface area contributed by atoms with Gasteiger partial charge in [0.25, 0.3) is 0 Å². The van der Waals surface area contributed by atoms with E-state index in [-0.39, 0.29) is 17.7 Å². The summed E-state index contributed by atoms with van der Waals surface area (Å²) in [7, 11) is 0. The summed E-state index contributed by atoms with van der Waals surface area (Å²) < 4.78 is 0. The van der Waals surface area contributed by atoms with Crippen LogP contribution in [0.2, 0.25) is 0 Å². The fourth-order valence-corrected chi connectivity index (χ4v) is 3.33. The highest BCUT2D eigenvalue weighted by atomic mass is 16.4. The third kappa shape index (κ3) is 2.01. The number of rotatable bonds is 4. The molecule has 4 atom stereocenters. The summed E-state index contributed by atoms with van der Waals surface area (Å²) in [5, 5.41) is 18.9. The van der Waals surface area contributed by atoms with Gasteiger partial charge in [0.15, 0.2) is 5.82 Å². The van der Waals surface area contributed by atoms with Crippen LogP contribution in [0.25, 0.3) is 0 Å². The molecule has 1 aromatic rings. The number of amides is 1. The molecule has 1 saturated carbocycles. The molecule has 2 unspecified atom stereocenters. The largest absolute Gasteiger partial charge is 0.481 e. The number of aromatic nitrogens is 2. The van der Waals surface area contributed by atoms with Crippen molar-refractivity contribution in [2.75, 3.05) is 5.32 Å². The Labute approximate surface area is 116 Å². The first-order valence-corrected chi connectivity index (χ1v) is 6.86. The zero-order valence-electron chi connectivity index (χ0n) is 11.2. The number of fused-ring (bicyclic) bond motifs is 2.